The van der Waals surface area contributed by atoms with Gasteiger partial charge in [-0.25, -0.2) is 18.1 Å². The number of nitrogens with one attached hydrogen (secondary N) is 1. The van der Waals surface area contributed by atoms with Crippen molar-refractivity contribution in [3.05, 3.63) is 77.5 Å². The van der Waals surface area contributed by atoms with Crippen molar-refractivity contribution in [3.63, 3.8) is 0 Å². The minimum Gasteiger partial charge on any atom is -0.489 e. The Bertz CT molecular complexity index is 1540. The SMILES string of the molecule is C=CC[C@H](C)[C@@H](C)S(=O)(=O)NC(=O)c1ccc2c(n1)N(C[C@@H]1CC[C@H]1C(=O)C=C)C[C@@]1(CCCc3cc(Cl)ccc31)CO2. The molecule has 1 aromatic heterocycles. The largest absolute Gasteiger partial charge is 0.489 e. The molecule has 2 heterocycles. The van der Waals surface area contributed by atoms with Gasteiger partial charge in [0.2, 0.25) is 10.0 Å². The lowest BCUT2D eigenvalue weighted by Gasteiger charge is -2.43. The van der Waals surface area contributed by atoms with Gasteiger partial charge in [-0.15, -0.1) is 6.58 Å². The van der Waals surface area contributed by atoms with Gasteiger partial charge in [0.1, 0.15) is 5.69 Å². The number of hydrogen-bond donors (Lipinski definition) is 1. The van der Waals surface area contributed by atoms with Crippen molar-refractivity contribution in [1.29, 1.82) is 0 Å². The minimum atomic E-state index is -3.95. The summed E-state index contributed by atoms with van der Waals surface area (Å²) < 4.78 is 34.7. The lowest BCUT2D eigenvalue weighted by atomic mass is 9.69. The van der Waals surface area contributed by atoms with E-state index in [0.717, 1.165) is 32.1 Å². The van der Waals surface area contributed by atoms with E-state index in [1.165, 1.54) is 23.3 Å². The Balaban J connectivity index is 1.49. The maximum absolute atomic E-state index is 13.3. The Morgan fingerprint density at radius 2 is 2.02 bits per heavy atom. The summed E-state index contributed by atoms with van der Waals surface area (Å²) in [6.07, 6.45) is 8.10. The Hall–Kier alpha value is -3.17. The normalized spacial score (nSPS) is 24.3. The maximum Gasteiger partial charge on any atom is 0.283 e. The average molecular weight is 626 g/mol. The highest BCUT2D eigenvalue weighted by Gasteiger charge is 2.44. The van der Waals surface area contributed by atoms with Gasteiger partial charge in [0.05, 0.1) is 11.9 Å². The molecular weight excluding hydrogens is 586 g/mol. The van der Waals surface area contributed by atoms with Gasteiger partial charge in [-0.2, -0.15) is 0 Å². The number of fused-ring (bicyclic) bond motifs is 3. The second kappa shape index (κ2) is 12.4. The third kappa shape index (κ3) is 6.25. The number of ether oxygens (including phenoxy) is 1. The van der Waals surface area contributed by atoms with Crippen LogP contribution in [0, 0.1) is 17.8 Å². The van der Waals surface area contributed by atoms with E-state index in [1.54, 1.807) is 19.1 Å². The predicted octanol–water partition coefficient (Wildman–Crippen LogP) is 5.65. The zero-order chi connectivity index (χ0) is 30.9. The molecule has 2 aliphatic carbocycles. The smallest absolute Gasteiger partial charge is 0.283 e. The van der Waals surface area contributed by atoms with Crippen LogP contribution in [0.4, 0.5) is 5.82 Å². The number of amides is 1. The standard InChI is InChI=1S/C33H40ClN3O5S/c1-5-8-21(3)22(4)43(40,41)36-32(39)28-14-15-30-31(35-28)37(18-24-10-12-26(24)29(38)6-2)19-33(20-42-30)16-7-9-23-17-25(34)11-13-27(23)33/h5-6,11,13-15,17,21-22,24,26H,1-2,7-10,12,16,18-20H2,3-4H3,(H,36,39)/t21-,22+,24-,26+,33-/m0/s1. The summed E-state index contributed by atoms with van der Waals surface area (Å²) in [4.78, 5) is 32.7. The number of anilines is 1. The molecule has 1 N–H and O–H groups in total. The number of rotatable bonds is 10. The minimum absolute atomic E-state index is 0.0152. The van der Waals surface area contributed by atoms with Crippen molar-refractivity contribution in [2.75, 3.05) is 24.6 Å². The Labute approximate surface area is 259 Å². The molecule has 1 saturated carbocycles. The van der Waals surface area contributed by atoms with E-state index in [2.05, 4.69) is 28.8 Å². The zero-order valence-electron chi connectivity index (χ0n) is 24.9. The van der Waals surface area contributed by atoms with Crippen LogP contribution in [-0.2, 0) is 26.7 Å². The summed E-state index contributed by atoms with van der Waals surface area (Å²) in [5.74, 6) is 0.0399. The maximum atomic E-state index is 13.3. The first-order chi connectivity index (χ1) is 20.5. The van der Waals surface area contributed by atoms with Crippen molar-refractivity contribution < 1.29 is 22.7 Å². The molecule has 2 aromatic rings. The number of allylic oxidation sites excluding steroid dienone is 2. The third-order valence-corrected chi connectivity index (χ3v) is 11.8. The zero-order valence-corrected chi connectivity index (χ0v) is 26.4. The lowest BCUT2D eigenvalue weighted by molar-refractivity contribution is -0.122. The van der Waals surface area contributed by atoms with Gasteiger partial charge in [0.15, 0.2) is 17.4 Å². The fraction of sp³-hybridized carbons (Fsp3) is 0.485. The van der Waals surface area contributed by atoms with Crippen molar-refractivity contribution in [2.45, 2.75) is 63.0 Å². The molecule has 230 valence electrons. The fourth-order valence-corrected chi connectivity index (χ4v) is 8.20. The van der Waals surface area contributed by atoms with Gasteiger partial charge in [0.25, 0.3) is 5.91 Å². The third-order valence-electron chi connectivity index (χ3n) is 9.61. The molecule has 1 amide bonds. The summed E-state index contributed by atoms with van der Waals surface area (Å²) >= 11 is 6.36. The van der Waals surface area contributed by atoms with Gasteiger partial charge in [0, 0.05) is 29.4 Å². The number of carbonyl (C=O) groups is 2. The van der Waals surface area contributed by atoms with Crippen LogP contribution in [-0.4, -0.2) is 50.0 Å². The van der Waals surface area contributed by atoms with E-state index in [1.807, 2.05) is 19.1 Å². The van der Waals surface area contributed by atoms with Crippen LogP contribution in [0.3, 0.4) is 0 Å². The molecule has 0 bridgehead atoms. The molecule has 8 nitrogen and oxygen atoms in total. The Morgan fingerprint density at radius 3 is 2.72 bits per heavy atom. The Morgan fingerprint density at radius 1 is 1.23 bits per heavy atom. The highest BCUT2D eigenvalue weighted by atomic mass is 35.5. The van der Waals surface area contributed by atoms with Gasteiger partial charge in [-0.05, 0) is 98.8 Å². The van der Waals surface area contributed by atoms with Crippen molar-refractivity contribution in [2.24, 2.45) is 17.8 Å². The van der Waals surface area contributed by atoms with E-state index in [0.29, 0.717) is 42.7 Å². The number of hydrogen-bond acceptors (Lipinski definition) is 7. The van der Waals surface area contributed by atoms with Crippen LogP contribution in [0.1, 0.15) is 67.6 Å². The van der Waals surface area contributed by atoms with Crippen LogP contribution < -0.4 is 14.4 Å². The van der Waals surface area contributed by atoms with E-state index in [9.17, 15) is 18.0 Å². The number of sulfonamides is 1. The number of benzene rings is 1. The average Bonchev–Trinajstić information content (AvgIpc) is 3.11. The van der Waals surface area contributed by atoms with Crippen LogP contribution >= 0.6 is 11.6 Å². The van der Waals surface area contributed by atoms with E-state index >= 15 is 0 Å². The molecule has 1 aromatic carbocycles. The first kappa shape index (κ1) is 31.3. The van der Waals surface area contributed by atoms with Gasteiger partial charge in [-0.3, -0.25) is 9.59 Å². The lowest BCUT2D eigenvalue weighted by Crippen LogP contribution is -2.49. The van der Waals surface area contributed by atoms with Crippen LogP contribution in [0.2, 0.25) is 5.02 Å². The summed E-state index contributed by atoms with van der Waals surface area (Å²) in [6.45, 7) is 12.3. The van der Waals surface area contributed by atoms with Crippen molar-refractivity contribution in [1.82, 2.24) is 9.71 Å². The highest BCUT2D eigenvalue weighted by molar-refractivity contribution is 7.90. The number of pyridine rings is 1. The van der Waals surface area contributed by atoms with Crippen LogP contribution in [0.15, 0.2) is 55.6 Å². The van der Waals surface area contributed by atoms with Gasteiger partial charge >= 0.3 is 0 Å². The fourth-order valence-electron chi connectivity index (χ4n) is 6.74. The second-order valence-corrected chi connectivity index (χ2v) is 14.8. The van der Waals surface area contributed by atoms with E-state index in [4.69, 9.17) is 21.3 Å². The summed E-state index contributed by atoms with van der Waals surface area (Å²) in [5, 5.41) is -0.0982. The quantitative estimate of drug-likeness (QED) is 0.269. The molecule has 43 heavy (non-hydrogen) atoms. The number of ketones is 1. The summed E-state index contributed by atoms with van der Waals surface area (Å²) in [5.41, 5.74) is 2.04. The number of halogens is 1. The highest BCUT2D eigenvalue weighted by Crippen LogP contribution is 2.45. The number of carbonyl (C=O) groups excluding carboxylic acids is 2. The monoisotopic (exact) mass is 625 g/mol. The molecule has 5 atom stereocenters. The molecule has 0 saturated heterocycles. The molecule has 10 heteroatoms. The molecule has 0 radical (unpaired) electrons. The molecule has 3 aliphatic rings. The first-order valence-corrected chi connectivity index (χ1v) is 16.9. The number of aromatic nitrogens is 1. The Kier molecular flexibility index (Phi) is 9.05. The topological polar surface area (TPSA) is 106 Å². The summed E-state index contributed by atoms with van der Waals surface area (Å²) in [6, 6.07) is 9.23. The van der Waals surface area contributed by atoms with Crippen LogP contribution in [0.5, 0.6) is 5.75 Å². The predicted molar refractivity (Wildman–Crippen MR) is 169 cm³/mol. The van der Waals surface area contributed by atoms with Gasteiger partial charge in [-0.1, -0.05) is 37.2 Å². The molecule has 5 rings (SSSR count). The second-order valence-electron chi connectivity index (χ2n) is 12.4. The van der Waals surface area contributed by atoms with Crippen molar-refractivity contribution >= 4 is 39.1 Å². The molecule has 0 unspecified atom stereocenters. The molecule has 1 spiro atoms. The van der Waals surface area contributed by atoms with Crippen LogP contribution in [0.25, 0.3) is 0 Å². The first-order valence-electron chi connectivity index (χ1n) is 15.0. The number of aryl methyl sites for hydroxylation is 1. The van der Waals surface area contributed by atoms with E-state index < -0.39 is 21.2 Å². The van der Waals surface area contributed by atoms with Gasteiger partial charge < -0.3 is 9.64 Å². The molecular formula is C33H40ClN3O5S. The molecule has 1 fully saturated rings. The summed E-state index contributed by atoms with van der Waals surface area (Å²) in [7, 11) is -3.95. The number of nitrogens with zero attached hydrogens (tertiary/aromatic N) is 2. The van der Waals surface area contributed by atoms with Crippen molar-refractivity contribution in [3.8, 4) is 5.75 Å². The molecule has 1 aliphatic heterocycles. The van der Waals surface area contributed by atoms with E-state index in [-0.39, 0.29) is 34.6 Å².